The molecule has 136 valence electrons. The number of amides is 4. The van der Waals surface area contributed by atoms with Gasteiger partial charge in [-0.25, -0.2) is 9.18 Å². The normalized spacial score (nSPS) is 11.2. The molecule has 0 bridgehead atoms. The quantitative estimate of drug-likeness (QED) is 0.614. The number of rotatable bonds is 7. The number of halogens is 1. The summed E-state index contributed by atoms with van der Waals surface area (Å²) in [6, 6.07) is 4.55. The number of imide groups is 1. The zero-order valence-corrected chi connectivity index (χ0v) is 14.4. The first-order valence-electron chi connectivity index (χ1n) is 7.17. The van der Waals surface area contributed by atoms with E-state index in [1.54, 1.807) is 0 Å². The van der Waals surface area contributed by atoms with E-state index < -0.39 is 29.8 Å². The van der Waals surface area contributed by atoms with Crippen LogP contribution >= 0.6 is 11.8 Å². The molecule has 1 atom stereocenters. The third kappa shape index (κ3) is 8.15. The van der Waals surface area contributed by atoms with Crippen molar-refractivity contribution < 1.29 is 28.3 Å². The van der Waals surface area contributed by atoms with Crippen molar-refractivity contribution >= 4 is 41.3 Å². The number of carbonyl (C=O) groups excluding carboxylic acids is 4. The van der Waals surface area contributed by atoms with Gasteiger partial charge in [-0.1, -0.05) is 0 Å². The molecule has 0 saturated carbocycles. The van der Waals surface area contributed by atoms with Crippen molar-refractivity contribution in [1.29, 1.82) is 0 Å². The fraction of sp³-hybridized carbons (Fsp3) is 0.333. The van der Waals surface area contributed by atoms with Crippen molar-refractivity contribution in [2.45, 2.75) is 13.0 Å². The van der Waals surface area contributed by atoms with E-state index in [1.807, 2.05) is 5.32 Å². The number of thioether (sulfide) groups is 1. The van der Waals surface area contributed by atoms with E-state index >= 15 is 0 Å². The maximum absolute atomic E-state index is 12.7. The Kier molecular flexibility index (Phi) is 8.40. The zero-order valence-electron chi connectivity index (χ0n) is 13.6. The zero-order chi connectivity index (χ0) is 18.8. The van der Waals surface area contributed by atoms with Crippen molar-refractivity contribution in [1.82, 2.24) is 10.6 Å². The van der Waals surface area contributed by atoms with Gasteiger partial charge in [-0.3, -0.25) is 19.7 Å². The Hall–Kier alpha value is -2.62. The number of benzene rings is 1. The van der Waals surface area contributed by atoms with Crippen LogP contribution < -0.4 is 16.0 Å². The van der Waals surface area contributed by atoms with Crippen molar-refractivity contribution in [2.24, 2.45) is 0 Å². The Balaban J connectivity index is 2.27. The van der Waals surface area contributed by atoms with Gasteiger partial charge >= 0.3 is 12.0 Å². The molecule has 25 heavy (non-hydrogen) atoms. The molecule has 0 aliphatic carbocycles. The standard InChI is InChI=1S/C15H18FN3O5S/c1-9(14(22)19-15(23)17-2)24-13(21)8-25-7-12(20)18-11-5-3-10(16)4-6-11/h3-6,9H,7-8H2,1-2H3,(H,18,20)(H2,17,19,22,23)/t9-/m1/s1. The van der Waals surface area contributed by atoms with Crippen LogP contribution in [0, 0.1) is 5.82 Å². The van der Waals surface area contributed by atoms with Crippen LogP contribution in [0.2, 0.25) is 0 Å². The largest absolute Gasteiger partial charge is 0.452 e. The number of hydrogen-bond donors (Lipinski definition) is 3. The minimum absolute atomic E-state index is 0.0225. The van der Waals surface area contributed by atoms with Gasteiger partial charge in [0.05, 0.1) is 11.5 Å². The highest BCUT2D eigenvalue weighted by Gasteiger charge is 2.19. The predicted octanol–water partition coefficient (Wildman–Crippen LogP) is 0.885. The monoisotopic (exact) mass is 371 g/mol. The predicted molar refractivity (Wildman–Crippen MR) is 90.5 cm³/mol. The van der Waals surface area contributed by atoms with Gasteiger partial charge in [0.25, 0.3) is 5.91 Å². The molecule has 0 aromatic heterocycles. The van der Waals surface area contributed by atoms with Gasteiger partial charge in [-0.2, -0.15) is 0 Å². The summed E-state index contributed by atoms with van der Waals surface area (Å²) in [6.07, 6.45) is -1.14. The Labute approximate surface area is 147 Å². The van der Waals surface area contributed by atoms with Crippen LogP contribution in [0.25, 0.3) is 0 Å². The van der Waals surface area contributed by atoms with Crippen LogP contribution in [-0.4, -0.2) is 48.5 Å². The Bertz CT molecular complexity index is 639. The third-order valence-corrected chi connectivity index (χ3v) is 3.63. The fourth-order valence-electron chi connectivity index (χ4n) is 1.52. The molecule has 3 N–H and O–H groups in total. The fourth-order valence-corrected chi connectivity index (χ4v) is 2.11. The van der Waals surface area contributed by atoms with E-state index in [9.17, 15) is 23.6 Å². The van der Waals surface area contributed by atoms with Gasteiger partial charge < -0.3 is 15.4 Å². The first-order chi connectivity index (χ1) is 11.8. The van der Waals surface area contributed by atoms with Crippen LogP contribution in [0.5, 0.6) is 0 Å². The average molecular weight is 371 g/mol. The molecule has 0 unspecified atom stereocenters. The number of nitrogens with one attached hydrogen (secondary N) is 3. The average Bonchev–Trinajstić information content (AvgIpc) is 2.56. The van der Waals surface area contributed by atoms with Crippen molar-refractivity contribution in [3.8, 4) is 0 Å². The minimum atomic E-state index is -1.14. The summed E-state index contributed by atoms with van der Waals surface area (Å²) in [6.45, 7) is 1.32. The van der Waals surface area contributed by atoms with Gasteiger partial charge in [0.2, 0.25) is 5.91 Å². The van der Waals surface area contributed by atoms with Crippen molar-refractivity contribution in [3.05, 3.63) is 30.1 Å². The number of hydrogen-bond acceptors (Lipinski definition) is 6. The molecule has 1 aromatic carbocycles. The molecule has 1 aromatic rings. The number of esters is 1. The topological polar surface area (TPSA) is 114 Å². The Morgan fingerprint density at radius 1 is 1.16 bits per heavy atom. The van der Waals surface area contributed by atoms with Crippen LogP contribution in [0.15, 0.2) is 24.3 Å². The van der Waals surface area contributed by atoms with Crippen LogP contribution in [0.3, 0.4) is 0 Å². The molecule has 0 aliphatic heterocycles. The number of urea groups is 1. The summed E-state index contributed by atoms with van der Waals surface area (Å²) < 4.78 is 17.6. The number of carbonyl (C=O) groups is 4. The third-order valence-electron chi connectivity index (χ3n) is 2.72. The molecule has 1 rings (SSSR count). The Morgan fingerprint density at radius 3 is 2.40 bits per heavy atom. The van der Waals surface area contributed by atoms with E-state index in [0.717, 1.165) is 11.8 Å². The summed E-state index contributed by atoms with van der Waals surface area (Å²) in [5, 5.41) is 6.71. The van der Waals surface area contributed by atoms with Gasteiger partial charge in [-0.15, -0.1) is 11.8 Å². The molecular formula is C15H18FN3O5S. The lowest BCUT2D eigenvalue weighted by Crippen LogP contribution is -2.43. The molecule has 4 amide bonds. The van der Waals surface area contributed by atoms with Crippen molar-refractivity contribution in [2.75, 3.05) is 23.9 Å². The summed E-state index contributed by atoms with van der Waals surface area (Å²) in [4.78, 5) is 45.8. The number of ether oxygens (including phenoxy) is 1. The van der Waals surface area contributed by atoms with E-state index in [4.69, 9.17) is 4.74 Å². The first kappa shape index (κ1) is 20.4. The van der Waals surface area contributed by atoms with Crippen LogP contribution in [0.4, 0.5) is 14.9 Å². The van der Waals surface area contributed by atoms with E-state index in [0.29, 0.717) is 5.69 Å². The van der Waals surface area contributed by atoms with Crippen LogP contribution in [0.1, 0.15) is 6.92 Å². The van der Waals surface area contributed by atoms with E-state index in [1.165, 1.54) is 38.2 Å². The van der Waals surface area contributed by atoms with Crippen molar-refractivity contribution in [3.63, 3.8) is 0 Å². The lowest BCUT2D eigenvalue weighted by molar-refractivity contribution is -0.151. The van der Waals surface area contributed by atoms with Gasteiger partial charge in [0.15, 0.2) is 6.10 Å². The summed E-state index contributed by atoms with van der Waals surface area (Å²) >= 11 is 0.992. The second kappa shape index (κ2) is 10.3. The van der Waals surface area contributed by atoms with Gasteiger partial charge in [0.1, 0.15) is 5.82 Å². The SMILES string of the molecule is CNC(=O)NC(=O)[C@@H](C)OC(=O)CSCC(=O)Nc1ccc(F)cc1. The minimum Gasteiger partial charge on any atom is -0.452 e. The van der Waals surface area contributed by atoms with E-state index in [-0.39, 0.29) is 17.4 Å². The molecule has 8 nitrogen and oxygen atoms in total. The molecule has 0 fully saturated rings. The lowest BCUT2D eigenvalue weighted by atomic mass is 10.3. The highest BCUT2D eigenvalue weighted by Crippen LogP contribution is 2.10. The Morgan fingerprint density at radius 2 is 1.80 bits per heavy atom. The smallest absolute Gasteiger partial charge is 0.321 e. The molecule has 0 aliphatic rings. The van der Waals surface area contributed by atoms with Gasteiger partial charge in [-0.05, 0) is 31.2 Å². The molecule has 10 heteroatoms. The highest BCUT2D eigenvalue weighted by atomic mass is 32.2. The van der Waals surface area contributed by atoms with Gasteiger partial charge in [0, 0.05) is 12.7 Å². The summed E-state index contributed by atoms with van der Waals surface area (Å²) in [5.74, 6) is -2.40. The molecule has 0 radical (unpaired) electrons. The number of anilines is 1. The summed E-state index contributed by atoms with van der Waals surface area (Å²) in [5.41, 5.74) is 0.439. The van der Waals surface area contributed by atoms with E-state index in [2.05, 4.69) is 10.6 Å². The van der Waals surface area contributed by atoms with Crippen LogP contribution in [-0.2, 0) is 19.1 Å². The second-order valence-electron chi connectivity index (χ2n) is 4.75. The molecule has 0 spiro atoms. The lowest BCUT2D eigenvalue weighted by Gasteiger charge is -2.12. The molecule has 0 heterocycles. The summed E-state index contributed by atoms with van der Waals surface area (Å²) in [7, 11) is 1.34. The second-order valence-corrected chi connectivity index (χ2v) is 5.73. The molecular weight excluding hydrogens is 353 g/mol. The maximum atomic E-state index is 12.7. The maximum Gasteiger partial charge on any atom is 0.321 e. The first-order valence-corrected chi connectivity index (χ1v) is 8.32. The highest BCUT2D eigenvalue weighted by molar-refractivity contribution is 8.00. The molecule has 0 saturated heterocycles.